The van der Waals surface area contributed by atoms with Crippen LogP contribution in [-0.2, 0) is 7.05 Å². The zero-order valence-electron chi connectivity index (χ0n) is 19.4. The molecule has 0 saturated carbocycles. The summed E-state index contributed by atoms with van der Waals surface area (Å²) < 4.78 is 3.14. The molecule has 5 rings (SSSR count). The van der Waals surface area contributed by atoms with E-state index in [1.807, 2.05) is 6.20 Å². The number of rotatable bonds is 4. The topological polar surface area (TPSA) is 95.9 Å². The molecule has 4 aromatic rings. The molecule has 0 bridgehead atoms. The molecule has 1 aromatic carbocycles. The van der Waals surface area contributed by atoms with Gasteiger partial charge in [0.05, 0.1) is 22.5 Å². The summed E-state index contributed by atoms with van der Waals surface area (Å²) in [5, 5.41) is 14.4. The van der Waals surface area contributed by atoms with Crippen molar-refractivity contribution in [3.8, 4) is 34.0 Å². The number of hydrogen-bond donors (Lipinski definition) is 0. The first-order chi connectivity index (χ1) is 16.9. The maximum Gasteiger partial charge on any atom is 0.250 e. The van der Waals surface area contributed by atoms with Crippen molar-refractivity contribution in [2.75, 3.05) is 38.1 Å². The highest BCUT2D eigenvalue weighted by molar-refractivity contribution is 6.32. The number of benzene rings is 1. The first kappa shape index (κ1) is 22.8. The molecule has 9 nitrogen and oxygen atoms in total. The number of nitriles is 1. The van der Waals surface area contributed by atoms with Gasteiger partial charge in [-0.2, -0.15) is 10.4 Å². The van der Waals surface area contributed by atoms with Crippen molar-refractivity contribution in [2.45, 2.75) is 0 Å². The van der Waals surface area contributed by atoms with Crippen molar-refractivity contribution in [1.82, 2.24) is 29.2 Å². The largest absolute Gasteiger partial charge is 0.338 e. The highest BCUT2D eigenvalue weighted by Crippen LogP contribution is 2.31. The lowest BCUT2D eigenvalue weighted by Crippen LogP contribution is -2.45. The van der Waals surface area contributed by atoms with Gasteiger partial charge in [-0.3, -0.25) is 4.79 Å². The van der Waals surface area contributed by atoms with Gasteiger partial charge < -0.3 is 14.4 Å². The molecule has 0 unspecified atom stereocenters. The molecule has 35 heavy (non-hydrogen) atoms. The highest BCUT2D eigenvalue weighted by atomic mass is 35.5. The summed E-state index contributed by atoms with van der Waals surface area (Å²) in [5.74, 6) is 0.685. The van der Waals surface area contributed by atoms with Gasteiger partial charge >= 0.3 is 0 Å². The van der Waals surface area contributed by atoms with Crippen LogP contribution in [0.4, 0.5) is 5.95 Å². The summed E-state index contributed by atoms with van der Waals surface area (Å²) in [6.45, 7) is 3.68. The average molecular weight is 487 g/mol. The Kier molecular flexibility index (Phi) is 6.07. The number of halogens is 1. The fraction of sp³-hybridized carbons (Fsp3) is 0.240. The normalized spacial score (nSPS) is 14.2. The quantitative estimate of drug-likeness (QED) is 0.437. The average Bonchev–Trinajstić information content (AvgIpc) is 3.36. The van der Waals surface area contributed by atoms with E-state index in [0.717, 1.165) is 42.9 Å². The first-order valence-corrected chi connectivity index (χ1v) is 11.5. The smallest absolute Gasteiger partial charge is 0.250 e. The van der Waals surface area contributed by atoms with Crippen LogP contribution < -0.4 is 10.5 Å². The van der Waals surface area contributed by atoms with Crippen LogP contribution in [0.3, 0.4) is 0 Å². The molecule has 0 aliphatic carbocycles. The molecule has 0 atom stereocenters. The van der Waals surface area contributed by atoms with Gasteiger partial charge in [-0.15, -0.1) is 0 Å². The second kappa shape index (κ2) is 9.33. The minimum Gasteiger partial charge on any atom is -0.338 e. The van der Waals surface area contributed by atoms with Gasteiger partial charge in [0.1, 0.15) is 6.07 Å². The summed E-state index contributed by atoms with van der Waals surface area (Å²) in [6, 6.07) is 8.95. The number of aromatic nitrogens is 5. The minimum atomic E-state index is -0.138. The molecule has 4 heterocycles. The fourth-order valence-corrected chi connectivity index (χ4v) is 4.35. The Balaban J connectivity index is 1.53. The lowest BCUT2D eigenvalue weighted by atomic mass is 10.0. The van der Waals surface area contributed by atoms with E-state index in [1.54, 1.807) is 60.8 Å². The van der Waals surface area contributed by atoms with Gasteiger partial charge in [0.25, 0.3) is 5.56 Å². The summed E-state index contributed by atoms with van der Waals surface area (Å²) >= 11 is 6.20. The Morgan fingerprint density at radius 1 is 0.971 bits per heavy atom. The highest BCUT2D eigenvalue weighted by Gasteiger charge is 2.18. The summed E-state index contributed by atoms with van der Waals surface area (Å²) in [4.78, 5) is 26.2. The third-order valence-electron chi connectivity index (χ3n) is 6.21. The molecule has 3 aromatic heterocycles. The Morgan fingerprint density at radius 3 is 2.43 bits per heavy atom. The van der Waals surface area contributed by atoms with Gasteiger partial charge in [-0.05, 0) is 24.7 Å². The van der Waals surface area contributed by atoms with E-state index in [-0.39, 0.29) is 5.56 Å². The monoisotopic (exact) mass is 486 g/mol. The number of nitrogens with zero attached hydrogens (tertiary/aromatic N) is 8. The van der Waals surface area contributed by atoms with Gasteiger partial charge in [-0.1, -0.05) is 17.7 Å². The van der Waals surface area contributed by atoms with Crippen LogP contribution in [0.5, 0.6) is 0 Å². The predicted molar refractivity (Wildman–Crippen MR) is 135 cm³/mol. The Labute approximate surface area is 207 Å². The number of likely N-dealkylation sites (N-methyl/N-ethyl adjacent to an activating group) is 1. The number of piperazine rings is 1. The second-order valence-electron chi connectivity index (χ2n) is 8.53. The minimum absolute atomic E-state index is 0.138. The standard InChI is InChI=1S/C25H23ClN8O/c1-31-6-8-33(9-7-31)25-28-12-17(13-29-25)19-10-24(35)32(2)16-21(19)18-14-30-34(15-18)23-5-3-4-22(26)20(23)11-27/h3-5,10,12-16H,6-9H2,1-2H3. The molecule has 1 aliphatic rings. The third-order valence-corrected chi connectivity index (χ3v) is 6.52. The van der Waals surface area contributed by atoms with E-state index in [1.165, 1.54) is 4.57 Å². The zero-order chi connectivity index (χ0) is 24.5. The van der Waals surface area contributed by atoms with Crippen LogP contribution in [0.15, 0.2) is 60.0 Å². The Hall–Kier alpha value is -4.00. The number of hydrogen-bond acceptors (Lipinski definition) is 7. The lowest BCUT2D eigenvalue weighted by molar-refractivity contribution is 0.311. The first-order valence-electron chi connectivity index (χ1n) is 11.1. The fourth-order valence-electron chi connectivity index (χ4n) is 4.14. The predicted octanol–water partition coefficient (Wildman–Crippen LogP) is 2.97. The maximum absolute atomic E-state index is 12.5. The van der Waals surface area contributed by atoms with E-state index in [9.17, 15) is 10.1 Å². The maximum atomic E-state index is 12.5. The SMILES string of the molecule is CN1CCN(c2ncc(-c3cc(=O)n(C)cc3-c3cnn(-c4cccc(Cl)c4C#N)c3)cn2)CC1. The van der Waals surface area contributed by atoms with Gasteiger partial charge in [0.15, 0.2) is 0 Å². The summed E-state index contributed by atoms with van der Waals surface area (Å²) in [5.41, 5.74) is 3.82. The molecule has 0 N–H and O–H groups in total. The van der Waals surface area contributed by atoms with Crippen LogP contribution in [0.2, 0.25) is 5.02 Å². The molecule has 10 heteroatoms. The van der Waals surface area contributed by atoms with E-state index >= 15 is 0 Å². The molecular weight excluding hydrogens is 464 g/mol. The van der Waals surface area contributed by atoms with Crippen LogP contribution in [0, 0.1) is 11.3 Å². The van der Waals surface area contributed by atoms with E-state index in [4.69, 9.17) is 11.6 Å². The molecule has 0 amide bonds. The van der Waals surface area contributed by atoms with Crippen LogP contribution in [0.1, 0.15) is 5.56 Å². The van der Waals surface area contributed by atoms with E-state index in [2.05, 4.69) is 38.0 Å². The number of aryl methyl sites for hydroxylation is 1. The molecule has 1 aliphatic heterocycles. The second-order valence-corrected chi connectivity index (χ2v) is 8.94. The van der Waals surface area contributed by atoms with Crippen molar-refractivity contribution in [2.24, 2.45) is 7.05 Å². The van der Waals surface area contributed by atoms with Gasteiger partial charge in [0, 0.05) is 80.8 Å². The van der Waals surface area contributed by atoms with Crippen LogP contribution in [0.25, 0.3) is 27.9 Å². The molecule has 1 fully saturated rings. The van der Waals surface area contributed by atoms with Crippen molar-refractivity contribution in [3.63, 3.8) is 0 Å². The van der Waals surface area contributed by atoms with E-state index in [0.29, 0.717) is 27.8 Å². The van der Waals surface area contributed by atoms with Crippen molar-refractivity contribution in [3.05, 3.63) is 76.2 Å². The van der Waals surface area contributed by atoms with Gasteiger partial charge in [0.2, 0.25) is 5.95 Å². The van der Waals surface area contributed by atoms with Gasteiger partial charge in [-0.25, -0.2) is 14.6 Å². The molecule has 0 spiro atoms. The molecular formula is C25H23ClN8O. The Morgan fingerprint density at radius 2 is 1.71 bits per heavy atom. The summed E-state index contributed by atoms with van der Waals surface area (Å²) in [7, 11) is 3.81. The summed E-state index contributed by atoms with van der Waals surface area (Å²) in [6.07, 6.45) is 8.80. The zero-order valence-corrected chi connectivity index (χ0v) is 20.1. The number of pyridine rings is 1. The van der Waals surface area contributed by atoms with Crippen molar-refractivity contribution in [1.29, 1.82) is 5.26 Å². The van der Waals surface area contributed by atoms with Crippen molar-refractivity contribution >= 4 is 17.5 Å². The third kappa shape index (κ3) is 4.41. The van der Waals surface area contributed by atoms with Crippen molar-refractivity contribution < 1.29 is 0 Å². The molecule has 176 valence electrons. The van der Waals surface area contributed by atoms with Crippen LogP contribution >= 0.6 is 11.6 Å². The lowest BCUT2D eigenvalue weighted by Gasteiger charge is -2.32. The molecule has 1 saturated heterocycles. The number of anilines is 1. The molecule has 0 radical (unpaired) electrons. The van der Waals surface area contributed by atoms with E-state index < -0.39 is 0 Å². The Bertz CT molecular complexity index is 1480. The van der Waals surface area contributed by atoms with Crippen LogP contribution in [-0.4, -0.2) is 62.4 Å².